The average molecular weight is 584 g/mol. The van der Waals surface area contributed by atoms with Gasteiger partial charge in [-0.3, -0.25) is 14.4 Å². The van der Waals surface area contributed by atoms with Crippen LogP contribution in [-0.2, 0) is 9.59 Å². The maximum absolute atomic E-state index is 13.4. The second-order valence-corrected chi connectivity index (χ2v) is 10.6. The minimum Gasteiger partial charge on any atom is -0.325 e. The molecule has 0 aliphatic heterocycles. The smallest absolute Gasteiger partial charge is 0.272 e. The van der Waals surface area contributed by atoms with Crippen molar-refractivity contribution in [2.75, 3.05) is 16.4 Å². The molecule has 0 saturated carbocycles. The summed E-state index contributed by atoms with van der Waals surface area (Å²) in [4.78, 5) is 39.5. The standard InChI is InChI=1S/C36H29N3O3S/c40-34(37-30-14-8-3-9-15-30)25-43-32-22-20-31(21-23-32)38-36(42)33(39-35(41)29-12-6-2-7-13-29)24-26-16-18-28(19-17-26)27-10-4-1-5-11-27/h1-24H,25H2,(H,37,40)(H,38,42)(H,39,41)/b33-24-. The monoisotopic (exact) mass is 583 g/mol. The highest BCUT2D eigenvalue weighted by atomic mass is 32.2. The molecule has 0 bridgehead atoms. The summed E-state index contributed by atoms with van der Waals surface area (Å²) in [7, 11) is 0. The van der Waals surface area contributed by atoms with Gasteiger partial charge in [0.2, 0.25) is 5.91 Å². The molecule has 0 saturated heterocycles. The van der Waals surface area contributed by atoms with Crippen molar-refractivity contribution in [1.82, 2.24) is 5.32 Å². The van der Waals surface area contributed by atoms with E-state index in [4.69, 9.17) is 0 Å². The molecule has 3 N–H and O–H groups in total. The van der Waals surface area contributed by atoms with Crippen LogP contribution in [0.3, 0.4) is 0 Å². The van der Waals surface area contributed by atoms with E-state index in [0.717, 1.165) is 27.3 Å². The van der Waals surface area contributed by atoms with Crippen LogP contribution in [0.4, 0.5) is 11.4 Å². The van der Waals surface area contributed by atoms with Crippen molar-refractivity contribution < 1.29 is 14.4 Å². The second kappa shape index (κ2) is 14.5. The third kappa shape index (κ3) is 8.55. The number of hydrogen-bond donors (Lipinski definition) is 3. The Labute approximate surface area is 254 Å². The Kier molecular flexibility index (Phi) is 9.80. The van der Waals surface area contributed by atoms with Gasteiger partial charge in [-0.2, -0.15) is 0 Å². The molecule has 0 fully saturated rings. The molecule has 0 unspecified atom stereocenters. The first-order chi connectivity index (χ1) is 21.0. The number of carbonyl (C=O) groups excluding carboxylic acids is 3. The lowest BCUT2D eigenvalue weighted by atomic mass is 10.0. The van der Waals surface area contributed by atoms with E-state index in [-0.39, 0.29) is 23.3 Å². The molecule has 0 atom stereocenters. The van der Waals surface area contributed by atoms with Gasteiger partial charge in [0.1, 0.15) is 5.70 Å². The number of para-hydroxylation sites is 1. The summed E-state index contributed by atoms with van der Waals surface area (Å²) in [5, 5.41) is 8.51. The summed E-state index contributed by atoms with van der Waals surface area (Å²) in [6, 6.07) is 43.0. The average Bonchev–Trinajstić information content (AvgIpc) is 3.05. The minimum atomic E-state index is -0.459. The van der Waals surface area contributed by atoms with Crippen LogP contribution in [0.5, 0.6) is 0 Å². The zero-order valence-corrected chi connectivity index (χ0v) is 24.0. The first-order valence-electron chi connectivity index (χ1n) is 13.7. The van der Waals surface area contributed by atoms with E-state index in [1.807, 2.05) is 103 Å². The molecule has 7 heteroatoms. The van der Waals surface area contributed by atoms with Crippen LogP contribution in [0.1, 0.15) is 15.9 Å². The Morgan fingerprint density at radius 2 is 1.14 bits per heavy atom. The molecule has 3 amide bonds. The van der Waals surface area contributed by atoms with Crippen molar-refractivity contribution in [2.24, 2.45) is 0 Å². The zero-order valence-electron chi connectivity index (χ0n) is 23.2. The molecule has 0 heterocycles. The summed E-state index contributed by atoms with van der Waals surface area (Å²) in [5.41, 5.74) is 4.76. The Hall–Kier alpha value is -5.40. The predicted octanol–water partition coefficient (Wildman–Crippen LogP) is 7.49. The van der Waals surface area contributed by atoms with E-state index in [1.54, 1.807) is 42.5 Å². The molecule has 5 aromatic rings. The summed E-state index contributed by atoms with van der Waals surface area (Å²) in [5.74, 6) is -0.695. The number of amides is 3. The lowest BCUT2D eigenvalue weighted by Gasteiger charge is -2.12. The lowest BCUT2D eigenvalue weighted by molar-refractivity contribution is -0.114. The summed E-state index contributed by atoms with van der Waals surface area (Å²) < 4.78 is 0. The van der Waals surface area contributed by atoms with Crippen molar-refractivity contribution in [1.29, 1.82) is 0 Å². The van der Waals surface area contributed by atoms with E-state index in [0.29, 0.717) is 11.3 Å². The highest BCUT2D eigenvalue weighted by molar-refractivity contribution is 8.00. The second-order valence-electron chi connectivity index (χ2n) is 9.55. The van der Waals surface area contributed by atoms with Gasteiger partial charge in [-0.05, 0) is 71.3 Å². The van der Waals surface area contributed by atoms with Crippen molar-refractivity contribution in [2.45, 2.75) is 4.90 Å². The molecule has 5 aromatic carbocycles. The van der Waals surface area contributed by atoms with Gasteiger partial charge in [-0.15, -0.1) is 11.8 Å². The van der Waals surface area contributed by atoms with E-state index >= 15 is 0 Å². The normalized spacial score (nSPS) is 10.9. The van der Waals surface area contributed by atoms with Gasteiger partial charge in [-0.25, -0.2) is 0 Å². The van der Waals surface area contributed by atoms with Crippen LogP contribution in [0, 0.1) is 0 Å². The van der Waals surface area contributed by atoms with Crippen molar-refractivity contribution >= 4 is 46.9 Å². The van der Waals surface area contributed by atoms with E-state index in [1.165, 1.54) is 11.8 Å². The maximum Gasteiger partial charge on any atom is 0.272 e. The highest BCUT2D eigenvalue weighted by Gasteiger charge is 2.15. The Balaban J connectivity index is 1.27. The van der Waals surface area contributed by atoms with Crippen molar-refractivity contribution in [3.63, 3.8) is 0 Å². The zero-order chi connectivity index (χ0) is 29.9. The van der Waals surface area contributed by atoms with Gasteiger partial charge >= 0.3 is 0 Å². The van der Waals surface area contributed by atoms with Gasteiger partial charge in [0.25, 0.3) is 11.8 Å². The molecule has 0 aliphatic rings. The summed E-state index contributed by atoms with van der Waals surface area (Å²) >= 11 is 1.40. The topological polar surface area (TPSA) is 87.3 Å². The van der Waals surface area contributed by atoms with Crippen LogP contribution in [-0.4, -0.2) is 23.5 Å². The number of benzene rings is 5. The number of thioether (sulfide) groups is 1. The molecule has 6 nitrogen and oxygen atoms in total. The van der Waals surface area contributed by atoms with Crippen LogP contribution in [0.2, 0.25) is 0 Å². The highest BCUT2D eigenvalue weighted by Crippen LogP contribution is 2.22. The molecule has 212 valence electrons. The molecular weight excluding hydrogens is 554 g/mol. The van der Waals surface area contributed by atoms with Gasteiger partial charge < -0.3 is 16.0 Å². The maximum atomic E-state index is 13.4. The SMILES string of the molecule is O=C(CSc1ccc(NC(=O)/C(=C/c2ccc(-c3ccccc3)cc2)NC(=O)c2ccccc2)cc1)Nc1ccccc1. The Bertz CT molecular complexity index is 1710. The third-order valence-corrected chi connectivity index (χ3v) is 7.41. The van der Waals surface area contributed by atoms with Gasteiger partial charge in [0, 0.05) is 21.8 Å². The molecular formula is C36H29N3O3S. The van der Waals surface area contributed by atoms with Gasteiger partial charge in [0.05, 0.1) is 5.75 Å². The summed E-state index contributed by atoms with van der Waals surface area (Å²) in [6.07, 6.45) is 1.65. The van der Waals surface area contributed by atoms with Crippen LogP contribution in [0.15, 0.2) is 150 Å². The van der Waals surface area contributed by atoms with E-state index in [9.17, 15) is 14.4 Å². The number of carbonyl (C=O) groups is 3. The van der Waals surface area contributed by atoms with Gasteiger partial charge in [-0.1, -0.05) is 91.0 Å². The van der Waals surface area contributed by atoms with E-state index in [2.05, 4.69) is 16.0 Å². The molecule has 0 spiro atoms. The number of rotatable bonds is 10. The fourth-order valence-corrected chi connectivity index (χ4v) is 4.91. The largest absolute Gasteiger partial charge is 0.325 e. The number of hydrogen-bond acceptors (Lipinski definition) is 4. The lowest BCUT2D eigenvalue weighted by Crippen LogP contribution is -2.30. The first kappa shape index (κ1) is 29.1. The number of nitrogens with one attached hydrogen (secondary N) is 3. The van der Waals surface area contributed by atoms with Crippen LogP contribution < -0.4 is 16.0 Å². The van der Waals surface area contributed by atoms with Crippen molar-refractivity contribution in [3.05, 3.63) is 156 Å². The molecule has 0 radical (unpaired) electrons. The number of anilines is 2. The quantitative estimate of drug-likeness (QED) is 0.117. The molecule has 5 rings (SSSR count). The Morgan fingerprint density at radius 3 is 1.79 bits per heavy atom. The minimum absolute atomic E-state index is 0.102. The predicted molar refractivity (Wildman–Crippen MR) is 175 cm³/mol. The fourth-order valence-electron chi connectivity index (χ4n) is 4.21. The molecule has 43 heavy (non-hydrogen) atoms. The molecule has 0 aromatic heterocycles. The molecule has 0 aliphatic carbocycles. The first-order valence-corrected chi connectivity index (χ1v) is 14.6. The Morgan fingerprint density at radius 1 is 0.581 bits per heavy atom. The van der Waals surface area contributed by atoms with Crippen molar-refractivity contribution in [3.8, 4) is 11.1 Å². The summed E-state index contributed by atoms with van der Waals surface area (Å²) in [6.45, 7) is 0. The van der Waals surface area contributed by atoms with Crippen LogP contribution in [0.25, 0.3) is 17.2 Å². The van der Waals surface area contributed by atoms with E-state index < -0.39 is 5.91 Å². The third-order valence-electron chi connectivity index (χ3n) is 6.40. The van der Waals surface area contributed by atoms with Gasteiger partial charge in [0.15, 0.2) is 0 Å². The fraction of sp³-hybridized carbons (Fsp3) is 0.0278. The van der Waals surface area contributed by atoms with Crippen LogP contribution >= 0.6 is 11.8 Å².